The number of hydrogen-bond acceptors (Lipinski definition) is 5. The minimum absolute atomic E-state index is 0.300. The minimum atomic E-state index is -1.38. The molecule has 0 radical (unpaired) electrons. The molecule has 3 atom stereocenters. The number of nitrogens with zero attached hydrogens (tertiary/aromatic N) is 2. The lowest BCUT2D eigenvalue weighted by Gasteiger charge is -2.30. The summed E-state index contributed by atoms with van der Waals surface area (Å²) < 4.78 is 6.10. The summed E-state index contributed by atoms with van der Waals surface area (Å²) in [6.45, 7) is 0.642. The number of rotatable bonds is 5. The van der Waals surface area contributed by atoms with Crippen molar-refractivity contribution in [3.63, 3.8) is 0 Å². The van der Waals surface area contributed by atoms with Gasteiger partial charge in [-0.1, -0.05) is 60.1 Å². The van der Waals surface area contributed by atoms with Crippen molar-refractivity contribution in [1.82, 2.24) is 4.90 Å². The lowest BCUT2D eigenvalue weighted by molar-refractivity contribution is -0.534. The Kier molecular flexibility index (Phi) is 5.31. The van der Waals surface area contributed by atoms with E-state index in [2.05, 4.69) is 5.32 Å². The molecule has 1 fully saturated rings. The normalized spacial score (nSPS) is 24.0. The standard InChI is InChI=1S/C25H22ClN3O4/c1-28-14-19(18-6-2-5-9-22(18)33-15-16-10-12-17(26)13-11-16)23(29(31)32)25(28)20-7-3-4-8-21(20)27-24(25)30/h2-13,19,23H,14-15H2,1H3,(H,27,30)/t19-,23+,25-/m1/s1. The Hall–Kier alpha value is -3.42. The van der Waals surface area contributed by atoms with Gasteiger partial charge in [-0.3, -0.25) is 19.8 Å². The fourth-order valence-corrected chi connectivity index (χ4v) is 5.35. The van der Waals surface area contributed by atoms with E-state index in [0.717, 1.165) is 5.56 Å². The van der Waals surface area contributed by atoms with Crippen molar-refractivity contribution >= 4 is 23.2 Å². The van der Waals surface area contributed by atoms with Crippen LogP contribution in [0.2, 0.25) is 5.02 Å². The van der Waals surface area contributed by atoms with Crippen LogP contribution in [0.5, 0.6) is 5.75 Å². The molecule has 1 saturated heterocycles. The summed E-state index contributed by atoms with van der Waals surface area (Å²) in [5.41, 5.74) is 1.53. The van der Waals surface area contributed by atoms with E-state index >= 15 is 0 Å². The number of nitrogens with one attached hydrogen (secondary N) is 1. The van der Waals surface area contributed by atoms with E-state index in [1.165, 1.54) is 0 Å². The van der Waals surface area contributed by atoms with E-state index in [-0.39, 0.29) is 10.8 Å². The lowest BCUT2D eigenvalue weighted by atomic mass is 9.79. The van der Waals surface area contributed by atoms with Gasteiger partial charge >= 0.3 is 0 Å². The number of fused-ring (bicyclic) bond motifs is 2. The third-order valence-corrected chi connectivity index (χ3v) is 6.92. The Morgan fingerprint density at radius 3 is 2.58 bits per heavy atom. The van der Waals surface area contributed by atoms with E-state index in [1.807, 2.05) is 53.4 Å². The second kappa shape index (κ2) is 8.17. The van der Waals surface area contributed by atoms with Gasteiger partial charge in [0.05, 0.1) is 5.92 Å². The van der Waals surface area contributed by atoms with Crippen molar-refractivity contribution in [2.75, 3.05) is 18.9 Å². The number of amides is 1. The van der Waals surface area contributed by atoms with Gasteiger partial charge in [0.25, 0.3) is 11.9 Å². The number of likely N-dealkylation sites (tertiary alicyclic amines) is 1. The molecule has 2 aliphatic heterocycles. The highest BCUT2D eigenvalue weighted by atomic mass is 35.5. The Labute approximate surface area is 196 Å². The van der Waals surface area contributed by atoms with Crippen molar-refractivity contribution < 1.29 is 14.5 Å². The molecule has 5 rings (SSSR count). The van der Waals surface area contributed by atoms with Gasteiger partial charge in [-0.2, -0.15) is 0 Å². The zero-order valence-corrected chi connectivity index (χ0v) is 18.7. The van der Waals surface area contributed by atoms with Crippen molar-refractivity contribution in [3.05, 3.63) is 105 Å². The molecule has 1 N–H and O–H groups in total. The predicted octanol–water partition coefficient (Wildman–Crippen LogP) is 4.44. The summed E-state index contributed by atoms with van der Waals surface area (Å²) in [4.78, 5) is 27.3. The number of ether oxygens (including phenoxy) is 1. The fourth-order valence-electron chi connectivity index (χ4n) is 5.22. The number of carbonyl (C=O) groups excluding carboxylic acids is 1. The predicted molar refractivity (Wildman–Crippen MR) is 125 cm³/mol. The zero-order valence-electron chi connectivity index (χ0n) is 17.9. The van der Waals surface area contributed by atoms with Crippen LogP contribution in [0.15, 0.2) is 72.8 Å². The first-order valence-corrected chi connectivity index (χ1v) is 11.0. The first-order valence-electron chi connectivity index (χ1n) is 10.6. The highest BCUT2D eigenvalue weighted by Gasteiger charge is 2.68. The molecule has 3 aromatic carbocycles. The molecule has 0 aliphatic carbocycles. The molecule has 168 valence electrons. The van der Waals surface area contributed by atoms with Gasteiger partial charge in [-0.25, -0.2) is 0 Å². The Bertz CT molecular complexity index is 1230. The van der Waals surface area contributed by atoms with Gasteiger partial charge < -0.3 is 10.1 Å². The number of para-hydroxylation sites is 2. The van der Waals surface area contributed by atoms with E-state index in [0.29, 0.717) is 40.7 Å². The second-order valence-electron chi connectivity index (χ2n) is 8.44. The Morgan fingerprint density at radius 1 is 1.12 bits per heavy atom. The van der Waals surface area contributed by atoms with Crippen LogP contribution in [0, 0.1) is 10.1 Å². The highest BCUT2D eigenvalue weighted by molar-refractivity contribution is 6.30. The van der Waals surface area contributed by atoms with Crippen molar-refractivity contribution in [2.45, 2.75) is 24.1 Å². The van der Waals surface area contributed by atoms with Crippen molar-refractivity contribution in [2.24, 2.45) is 0 Å². The first kappa shape index (κ1) is 21.4. The fraction of sp³-hybridized carbons (Fsp3) is 0.240. The summed E-state index contributed by atoms with van der Waals surface area (Å²) in [6, 6.07) is 20.7. The zero-order chi connectivity index (χ0) is 23.2. The Morgan fingerprint density at radius 2 is 1.82 bits per heavy atom. The first-order chi connectivity index (χ1) is 15.9. The van der Waals surface area contributed by atoms with Crippen LogP contribution in [0.1, 0.15) is 22.6 Å². The molecule has 7 nitrogen and oxygen atoms in total. The molecule has 0 aromatic heterocycles. The quantitative estimate of drug-likeness (QED) is 0.446. The topological polar surface area (TPSA) is 84.7 Å². The molecule has 8 heteroatoms. The molecule has 0 bridgehead atoms. The van der Waals surface area contributed by atoms with Gasteiger partial charge in [0.1, 0.15) is 12.4 Å². The monoisotopic (exact) mass is 463 g/mol. The molecule has 33 heavy (non-hydrogen) atoms. The second-order valence-corrected chi connectivity index (χ2v) is 8.87. The van der Waals surface area contributed by atoms with Crippen LogP contribution in [0.25, 0.3) is 0 Å². The van der Waals surface area contributed by atoms with Crippen molar-refractivity contribution in [1.29, 1.82) is 0 Å². The maximum Gasteiger partial charge on any atom is 0.256 e. The molecule has 2 heterocycles. The molecule has 3 aromatic rings. The van der Waals surface area contributed by atoms with Crippen LogP contribution in [0.3, 0.4) is 0 Å². The van der Waals surface area contributed by atoms with E-state index in [9.17, 15) is 14.9 Å². The lowest BCUT2D eigenvalue weighted by Crippen LogP contribution is -2.54. The van der Waals surface area contributed by atoms with Crippen LogP contribution < -0.4 is 10.1 Å². The highest BCUT2D eigenvalue weighted by Crippen LogP contribution is 2.52. The van der Waals surface area contributed by atoms with Crippen molar-refractivity contribution in [3.8, 4) is 5.75 Å². The van der Waals surface area contributed by atoms with Crippen LogP contribution in [-0.4, -0.2) is 35.4 Å². The number of hydrogen-bond donors (Lipinski definition) is 1. The molecule has 0 unspecified atom stereocenters. The average molecular weight is 464 g/mol. The third-order valence-electron chi connectivity index (χ3n) is 6.67. The van der Waals surface area contributed by atoms with Gasteiger partial charge in [0, 0.05) is 33.3 Å². The minimum Gasteiger partial charge on any atom is -0.489 e. The summed E-state index contributed by atoms with van der Waals surface area (Å²) >= 11 is 5.96. The maximum atomic E-state index is 13.3. The smallest absolute Gasteiger partial charge is 0.256 e. The molecule has 1 spiro atoms. The van der Waals surface area contributed by atoms with Crippen LogP contribution >= 0.6 is 11.6 Å². The summed E-state index contributed by atoms with van der Waals surface area (Å²) in [6.07, 6.45) is 0. The van der Waals surface area contributed by atoms with Gasteiger partial charge in [-0.15, -0.1) is 0 Å². The molecule has 1 amide bonds. The maximum absolute atomic E-state index is 13.3. The number of benzene rings is 3. The number of carbonyl (C=O) groups is 1. The molecule has 2 aliphatic rings. The van der Waals surface area contributed by atoms with Gasteiger partial charge in [-0.05, 0) is 36.9 Å². The number of anilines is 1. The average Bonchev–Trinajstić information content (AvgIpc) is 3.28. The summed E-state index contributed by atoms with van der Waals surface area (Å²) in [5.74, 6) is -0.334. The number of nitro groups is 1. The summed E-state index contributed by atoms with van der Waals surface area (Å²) in [5, 5.41) is 16.0. The van der Waals surface area contributed by atoms with Gasteiger partial charge in [0.2, 0.25) is 0 Å². The largest absolute Gasteiger partial charge is 0.489 e. The van der Waals surface area contributed by atoms with E-state index < -0.39 is 17.5 Å². The number of likely N-dealkylation sites (N-methyl/N-ethyl adjacent to an activating group) is 1. The molecular weight excluding hydrogens is 442 g/mol. The van der Waals surface area contributed by atoms with Gasteiger partial charge in [0.15, 0.2) is 5.54 Å². The van der Waals surface area contributed by atoms with E-state index in [1.54, 1.807) is 31.3 Å². The SMILES string of the molecule is CN1C[C@H](c2ccccc2OCc2ccc(Cl)cc2)[C@H]([N+](=O)[O-])[C@]12C(=O)Nc1ccccc12. The number of halogens is 1. The molecular formula is C25H22ClN3O4. The molecule has 0 saturated carbocycles. The Balaban J connectivity index is 1.54. The van der Waals surface area contributed by atoms with E-state index in [4.69, 9.17) is 16.3 Å². The third kappa shape index (κ3) is 3.35. The summed E-state index contributed by atoms with van der Waals surface area (Å²) in [7, 11) is 1.77. The van der Waals surface area contributed by atoms with Crippen LogP contribution in [0.4, 0.5) is 5.69 Å². The van der Waals surface area contributed by atoms with Crippen LogP contribution in [-0.2, 0) is 16.9 Å².